The average Bonchev–Trinajstić information content (AvgIpc) is 3.34. The number of hydrogen-bond donors (Lipinski definition) is 1. The molecule has 6 atom stereocenters. The second-order valence-electron chi connectivity index (χ2n) is 11.5. The summed E-state index contributed by atoms with van der Waals surface area (Å²) in [5.74, 6) is -3.00. The molecule has 1 spiro atoms. The number of benzene rings is 1. The molecular weight excluding hydrogens is 526 g/mol. The van der Waals surface area contributed by atoms with Gasteiger partial charge in [-0.1, -0.05) is 61.6 Å². The summed E-state index contributed by atoms with van der Waals surface area (Å²) in [4.78, 5) is 48.4. The highest BCUT2D eigenvalue weighted by atomic mass is 16.6. The van der Waals surface area contributed by atoms with E-state index in [1.165, 1.54) is 4.90 Å². The van der Waals surface area contributed by atoms with Crippen molar-refractivity contribution >= 4 is 17.8 Å². The van der Waals surface area contributed by atoms with Crippen LogP contribution in [0.4, 0.5) is 0 Å². The summed E-state index contributed by atoms with van der Waals surface area (Å²) in [5.41, 5.74) is -1.77. The molecular formula is C31H39N3O7. The van der Waals surface area contributed by atoms with Gasteiger partial charge < -0.3 is 29.1 Å². The van der Waals surface area contributed by atoms with E-state index in [0.717, 1.165) is 13.1 Å². The number of likely N-dealkylation sites (tertiary alicyclic amines) is 1. The molecule has 41 heavy (non-hydrogen) atoms. The van der Waals surface area contributed by atoms with Crippen LogP contribution in [0.15, 0.2) is 54.6 Å². The molecule has 5 heterocycles. The zero-order valence-electron chi connectivity index (χ0n) is 23.5. The molecule has 1 aromatic carbocycles. The van der Waals surface area contributed by atoms with Gasteiger partial charge in [0, 0.05) is 32.7 Å². The number of hydrogen-bond acceptors (Lipinski definition) is 8. The van der Waals surface area contributed by atoms with Crippen molar-refractivity contribution in [2.45, 2.75) is 43.1 Å². The maximum Gasteiger partial charge on any atom is 0.313 e. The van der Waals surface area contributed by atoms with Crippen LogP contribution in [-0.4, -0.2) is 114 Å². The van der Waals surface area contributed by atoms with Crippen molar-refractivity contribution in [3.8, 4) is 0 Å². The lowest BCUT2D eigenvalue weighted by Gasteiger charge is -2.41. The Labute approximate surface area is 240 Å². The highest BCUT2D eigenvalue weighted by Gasteiger charge is 2.76. The third-order valence-electron chi connectivity index (χ3n) is 9.41. The van der Waals surface area contributed by atoms with Crippen LogP contribution in [-0.2, 0) is 28.6 Å². The fourth-order valence-corrected chi connectivity index (χ4v) is 7.37. The number of amides is 2. The van der Waals surface area contributed by atoms with Crippen LogP contribution in [0.3, 0.4) is 0 Å². The standard InChI is InChI=1S/C31H39N3O7/c1-2-30-11-6-7-18-40-29(38)25(30)24-27(36)34(23(21-35)22-9-4-3-5-10-22)26-28(37)33(13-8-12-31(24,26)41-30)15-14-32-16-19-39-20-17-32/h3-6,8-12,23-26,35H,2,7,13-21H2,1H3/t23-,24+,25+,26?,30-,31+/m1/s1. The van der Waals surface area contributed by atoms with E-state index in [9.17, 15) is 19.5 Å². The Morgan fingerprint density at radius 1 is 0.976 bits per heavy atom. The lowest BCUT2D eigenvalue weighted by atomic mass is 9.73. The lowest BCUT2D eigenvalue weighted by molar-refractivity contribution is -0.163. The molecule has 1 unspecified atom stereocenters. The molecule has 5 aliphatic rings. The summed E-state index contributed by atoms with van der Waals surface area (Å²) in [6.45, 7) is 6.22. The van der Waals surface area contributed by atoms with E-state index in [1.54, 1.807) is 4.90 Å². The third-order valence-corrected chi connectivity index (χ3v) is 9.41. The van der Waals surface area contributed by atoms with E-state index in [2.05, 4.69) is 4.90 Å². The summed E-state index contributed by atoms with van der Waals surface area (Å²) < 4.78 is 18.1. The van der Waals surface area contributed by atoms with Crippen LogP contribution >= 0.6 is 0 Å². The summed E-state index contributed by atoms with van der Waals surface area (Å²) in [7, 11) is 0. The largest absolute Gasteiger partial charge is 0.465 e. The molecule has 10 nitrogen and oxygen atoms in total. The van der Waals surface area contributed by atoms with Gasteiger partial charge in [0.25, 0.3) is 0 Å². The first kappa shape index (κ1) is 28.1. The minimum Gasteiger partial charge on any atom is -0.465 e. The fraction of sp³-hybridized carbons (Fsp3) is 0.581. The molecule has 10 heteroatoms. The predicted octanol–water partition coefficient (Wildman–Crippen LogP) is 1.31. The van der Waals surface area contributed by atoms with Crippen LogP contribution in [0, 0.1) is 11.8 Å². The summed E-state index contributed by atoms with van der Waals surface area (Å²) >= 11 is 0. The monoisotopic (exact) mass is 565 g/mol. The Kier molecular flexibility index (Phi) is 7.76. The van der Waals surface area contributed by atoms with E-state index in [4.69, 9.17) is 14.2 Å². The lowest BCUT2D eigenvalue weighted by Crippen LogP contribution is -2.57. The predicted molar refractivity (Wildman–Crippen MR) is 148 cm³/mol. The molecule has 5 aliphatic heterocycles. The van der Waals surface area contributed by atoms with Gasteiger partial charge >= 0.3 is 5.97 Å². The summed E-state index contributed by atoms with van der Waals surface area (Å²) in [6.07, 6.45) is 8.57. The molecule has 220 valence electrons. The van der Waals surface area contributed by atoms with Crippen LogP contribution in [0.1, 0.15) is 31.4 Å². The van der Waals surface area contributed by atoms with Crippen molar-refractivity contribution in [2.75, 3.05) is 59.2 Å². The van der Waals surface area contributed by atoms with Crippen molar-refractivity contribution in [3.63, 3.8) is 0 Å². The van der Waals surface area contributed by atoms with Crippen molar-refractivity contribution in [3.05, 3.63) is 60.2 Å². The molecule has 0 saturated carbocycles. The van der Waals surface area contributed by atoms with E-state index >= 15 is 0 Å². The number of carbonyl (C=O) groups excluding carboxylic acids is 3. The maximum atomic E-state index is 14.6. The van der Waals surface area contributed by atoms with Gasteiger partial charge in [-0.05, 0) is 18.4 Å². The molecule has 3 fully saturated rings. The topological polar surface area (TPSA) is 109 Å². The van der Waals surface area contributed by atoms with Gasteiger partial charge in [0.15, 0.2) is 0 Å². The number of cyclic esters (lactones) is 1. The summed E-state index contributed by atoms with van der Waals surface area (Å²) in [6, 6.07) is 7.38. The van der Waals surface area contributed by atoms with Gasteiger partial charge in [-0.3, -0.25) is 19.3 Å². The quantitative estimate of drug-likeness (QED) is 0.390. The van der Waals surface area contributed by atoms with Gasteiger partial charge in [-0.15, -0.1) is 0 Å². The van der Waals surface area contributed by atoms with Gasteiger partial charge in [0.05, 0.1) is 38.4 Å². The number of ether oxygens (including phenoxy) is 3. The highest BCUT2D eigenvalue weighted by molar-refractivity contribution is 5.99. The Balaban J connectivity index is 1.44. The van der Waals surface area contributed by atoms with Gasteiger partial charge in [-0.2, -0.15) is 0 Å². The number of esters is 1. The minimum absolute atomic E-state index is 0.222. The molecule has 1 N–H and O–H groups in total. The molecule has 0 aliphatic carbocycles. The number of carbonyl (C=O) groups is 3. The minimum atomic E-state index is -1.39. The molecule has 0 radical (unpaired) electrons. The first-order valence-corrected chi connectivity index (χ1v) is 14.7. The normalized spacial score (nSPS) is 34.4. The maximum absolute atomic E-state index is 14.6. The molecule has 2 amide bonds. The SMILES string of the molecule is CC[C@@]12C=CCCOC(=O)[C@@H]1[C@H]1C(=O)N([C@H](CO)c3ccccc3)C3C(=O)N(CCN4CCOCC4)CC=C[C@@]31O2. The van der Waals surface area contributed by atoms with Crippen LogP contribution in [0.2, 0.25) is 0 Å². The van der Waals surface area contributed by atoms with Gasteiger partial charge in [0.2, 0.25) is 11.8 Å². The van der Waals surface area contributed by atoms with Crippen molar-refractivity contribution in [2.24, 2.45) is 11.8 Å². The first-order chi connectivity index (χ1) is 20.0. The smallest absolute Gasteiger partial charge is 0.313 e. The van der Waals surface area contributed by atoms with Crippen LogP contribution in [0.25, 0.3) is 0 Å². The zero-order chi connectivity index (χ0) is 28.6. The Morgan fingerprint density at radius 3 is 2.49 bits per heavy atom. The first-order valence-electron chi connectivity index (χ1n) is 14.7. The number of rotatable bonds is 7. The second kappa shape index (κ2) is 11.3. The zero-order valence-corrected chi connectivity index (χ0v) is 23.5. The van der Waals surface area contributed by atoms with Crippen molar-refractivity contribution in [1.82, 2.24) is 14.7 Å². The van der Waals surface area contributed by atoms with Crippen molar-refractivity contribution < 1.29 is 33.7 Å². The third kappa shape index (κ3) is 4.61. The molecule has 6 rings (SSSR count). The van der Waals surface area contributed by atoms with Crippen molar-refractivity contribution in [1.29, 1.82) is 0 Å². The molecule has 0 bridgehead atoms. The molecule has 0 aromatic heterocycles. The number of aliphatic hydroxyl groups is 1. The van der Waals surface area contributed by atoms with Gasteiger partial charge in [0.1, 0.15) is 23.2 Å². The summed E-state index contributed by atoms with van der Waals surface area (Å²) in [5, 5.41) is 10.7. The number of nitrogens with zero attached hydrogens (tertiary/aromatic N) is 3. The van der Waals surface area contributed by atoms with Gasteiger partial charge in [-0.25, -0.2) is 0 Å². The number of fused-ring (bicyclic) bond motifs is 2. The van der Waals surface area contributed by atoms with E-state index < -0.39 is 41.1 Å². The van der Waals surface area contributed by atoms with Crippen LogP contribution in [0.5, 0.6) is 0 Å². The molecule has 1 aromatic rings. The Hall–Kier alpha value is -3.05. The fourth-order valence-electron chi connectivity index (χ4n) is 7.37. The average molecular weight is 566 g/mol. The van der Waals surface area contributed by atoms with E-state index in [1.807, 2.05) is 61.6 Å². The van der Waals surface area contributed by atoms with E-state index in [0.29, 0.717) is 51.3 Å². The number of aliphatic hydroxyl groups excluding tert-OH is 1. The highest BCUT2D eigenvalue weighted by Crippen LogP contribution is 2.59. The van der Waals surface area contributed by atoms with E-state index in [-0.39, 0.29) is 25.0 Å². The second-order valence-corrected chi connectivity index (χ2v) is 11.5. The number of morpholine rings is 1. The molecule has 3 saturated heterocycles. The van der Waals surface area contributed by atoms with Crippen LogP contribution < -0.4 is 0 Å². The Bertz CT molecular complexity index is 1220. The Morgan fingerprint density at radius 2 is 1.76 bits per heavy atom.